The monoisotopic (exact) mass is 341 g/mol. The van der Waals surface area contributed by atoms with Gasteiger partial charge in [-0.25, -0.2) is 9.78 Å². The molecule has 0 bridgehead atoms. The van der Waals surface area contributed by atoms with Gasteiger partial charge in [-0.3, -0.25) is 0 Å². The molecule has 2 nitrogen and oxygen atoms in total. The van der Waals surface area contributed by atoms with Crippen LogP contribution in [0.3, 0.4) is 0 Å². The van der Waals surface area contributed by atoms with Crippen LogP contribution in [-0.4, -0.2) is 12.2 Å². The van der Waals surface area contributed by atoms with E-state index in [0.29, 0.717) is 0 Å². The average molecular weight is 342 g/mol. The molecule has 0 saturated carbocycles. The fourth-order valence-corrected chi connectivity index (χ4v) is 2.85. The molecule has 0 aromatic rings. The maximum atomic E-state index is 5.25. The first-order valence-electron chi connectivity index (χ1n) is 10.7. The Labute approximate surface area is 153 Å². The van der Waals surface area contributed by atoms with E-state index in [0.717, 1.165) is 19.4 Å². The van der Waals surface area contributed by atoms with Crippen LogP contribution in [0.15, 0.2) is 0 Å². The van der Waals surface area contributed by atoms with Crippen molar-refractivity contribution < 1.29 is 9.78 Å². The van der Waals surface area contributed by atoms with Crippen molar-refractivity contribution in [2.24, 2.45) is 0 Å². The van der Waals surface area contributed by atoms with Crippen LogP contribution >= 0.6 is 0 Å². The van der Waals surface area contributed by atoms with Gasteiger partial charge in [0.25, 0.3) is 0 Å². The van der Waals surface area contributed by atoms with Gasteiger partial charge in [0.2, 0.25) is 0 Å². The fraction of sp³-hybridized carbons (Fsp3) is 0.955. The number of unbranched alkanes of at least 4 members (excludes halogenated alkanes) is 15. The third kappa shape index (κ3) is 21.9. The topological polar surface area (TPSA) is 18.5 Å². The zero-order valence-corrected chi connectivity index (χ0v) is 17.0. The van der Waals surface area contributed by atoms with Crippen LogP contribution in [-0.2, 0) is 9.78 Å². The van der Waals surface area contributed by atoms with E-state index in [1.807, 2.05) is 20.8 Å². The van der Waals surface area contributed by atoms with Gasteiger partial charge in [0.15, 0.2) is 0 Å². The predicted molar refractivity (Wildman–Crippen MR) is 106 cm³/mol. The molecule has 0 amide bonds. The Morgan fingerprint density at radius 1 is 0.542 bits per heavy atom. The van der Waals surface area contributed by atoms with Crippen LogP contribution in [0.1, 0.15) is 124 Å². The summed E-state index contributed by atoms with van der Waals surface area (Å²) in [5.74, 6) is 0. The quantitative estimate of drug-likeness (QED) is 0.144. The molecular weight excluding hydrogens is 296 g/mol. The molecule has 0 aromatic carbocycles. The maximum absolute atomic E-state index is 5.25. The minimum absolute atomic E-state index is 0.188. The lowest BCUT2D eigenvalue weighted by Crippen LogP contribution is -2.19. The molecule has 0 aliphatic rings. The summed E-state index contributed by atoms with van der Waals surface area (Å²) in [5.41, 5.74) is -0.188. The maximum Gasteiger partial charge on any atom is 0.0952 e. The Balaban J connectivity index is 3.00. The highest BCUT2D eigenvalue weighted by atomic mass is 17.2. The van der Waals surface area contributed by atoms with Crippen LogP contribution in [0.2, 0.25) is 0 Å². The Hall–Kier alpha value is -0.0800. The van der Waals surface area contributed by atoms with E-state index < -0.39 is 0 Å². The van der Waals surface area contributed by atoms with Gasteiger partial charge in [0.05, 0.1) is 12.2 Å². The normalized spacial score (nSPS) is 12.0. The van der Waals surface area contributed by atoms with Crippen LogP contribution in [0.25, 0.3) is 0 Å². The molecular formula is C22H45O2. The minimum atomic E-state index is -0.188. The van der Waals surface area contributed by atoms with Gasteiger partial charge in [-0.05, 0) is 27.2 Å². The first-order chi connectivity index (χ1) is 11.6. The lowest BCUT2D eigenvalue weighted by atomic mass is 10.0. The van der Waals surface area contributed by atoms with Crippen LogP contribution in [0.5, 0.6) is 0 Å². The Bertz CT molecular complexity index is 233. The molecule has 0 spiro atoms. The van der Waals surface area contributed by atoms with Crippen LogP contribution in [0, 0.1) is 6.92 Å². The molecule has 0 atom stereocenters. The summed E-state index contributed by atoms with van der Waals surface area (Å²) in [6, 6.07) is 0. The predicted octanol–water partition coefficient (Wildman–Crippen LogP) is 7.81. The van der Waals surface area contributed by atoms with Crippen LogP contribution < -0.4 is 0 Å². The second-order valence-electron chi connectivity index (χ2n) is 8.17. The van der Waals surface area contributed by atoms with Gasteiger partial charge >= 0.3 is 0 Å². The Morgan fingerprint density at radius 3 is 1.21 bits per heavy atom. The van der Waals surface area contributed by atoms with E-state index in [4.69, 9.17) is 9.78 Å². The van der Waals surface area contributed by atoms with Crippen molar-refractivity contribution in [2.45, 2.75) is 129 Å². The molecule has 2 heteroatoms. The lowest BCUT2D eigenvalue weighted by molar-refractivity contribution is -0.348. The third-order valence-corrected chi connectivity index (χ3v) is 4.29. The summed E-state index contributed by atoms with van der Waals surface area (Å²) in [6.07, 6.45) is 21.8. The van der Waals surface area contributed by atoms with Crippen molar-refractivity contribution in [3.8, 4) is 0 Å². The van der Waals surface area contributed by atoms with Crippen molar-refractivity contribution in [3.05, 3.63) is 6.92 Å². The largest absolute Gasteiger partial charge is 0.236 e. The molecule has 24 heavy (non-hydrogen) atoms. The molecule has 0 unspecified atom stereocenters. The van der Waals surface area contributed by atoms with Crippen molar-refractivity contribution in [1.82, 2.24) is 0 Å². The number of rotatable bonds is 18. The second kappa shape index (κ2) is 17.7. The second-order valence-corrected chi connectivity index (χ2v) is 8.17. The third-order valence-electron chi connectivity index (χ3n) is 4.29. The molecule has 0 N–H and O–H groups in total. The molecule has 145 valence electrons. The molecule has 0 fully saturated rings. The zero-order chi connectivity index (χ0) is 17.9. The van der Waals surface area contributed by atoms with Gasteiger partial charge in [0.1, 0.15) is 0 Å². The van der Waals surface area contributed by atoms with Gasteiger partial charge in [-0.15, -0.1) is 0 Å². The van der Waals surface area contributed by atoms with E-state index in [1.54, 1.807) is 0 Å². The molecule has 0 saturated heterocycles. The van der Waals surface area contributed by atoms with Gasteiger partial charge < -0.3 is 0 Å². The fourth-order valence-electron chi connectivity index (χ4n) is 2.85. The summed E-state index contributed by atoms with van der Waals surface area (Å²) in [7, 11) is 0. The standard InChI is InChI=1S/C22H45O2/c1-5-6-7-8-9-10-11-12-13-14-15-16-17-18-19-20-21-23-24-22(2,3)4/h1,5-21H2,2-4H3. The van der Waals surface area contributed by atoms with Crippen LogP contribution in [0.4, 0.5) is 0 Å². The Morgan fingerprint density at radius 2 is 0.875 bits per heavy atom. The van der Waals surface area contributed by atoms with E-state index in [1.165, 1.54) is 89.9 Å². The highest BCUT2D eigenvalue weighted by Crippen LogP contribution is 2.14. The first-order valence-corrected chi connectivity index (χ1v) is 10.7. The number of hydrogen-bond donors (Lipinski definition) is 0. The molecule has 0 heterocycles. The van der Waals surface area contributed by atoms with Gasteiger partial charge in [-0.2, -0.15) is 0 Å². The van der Waals surface area contributed by atoms with Crippen molar-refractivity contribution >= 4 is 0 Å². The van der Waals surface area contributed by atoms with E-state index in [2.05, 4.69) is 6.92 Å². The summed E-state index contributed by atoms with van der Waals surface area (Å²) in [5, 5.41) is 0. The summed E-state index contributed by atoms with van der Waals surface area (Å²) in [4.78, 5) is 10.5. The lowest BCUT2D eigenvalue weighted by Gasteiger charge is -2.17. The molecule has 1 radical (unpaired) electrons. The molecule has 0 aromatic heterocycles. The SMILES string of the molecule is [CH2]CCCCCCCCCCCCCCCCCOOC(C)(C)C. The zero-order valence-electron chi connectivity index (χ0n) is 17.0. The van der Waals surface area contributed by atoms with Crippen molar-refractivity contribution in [2.75, 3.05) is 6.61 Å². The molecule has 0 rings (SSSR count). The van der Waals surface area contributed by atoms with Gasteiger partial charge in [-0.1, -0.05) is 103 Å². The van der Waals surface area contributed by atoms with Crippen molar-refractivity contribution in [3.63, 3.8) is 0 Å². The molecule has 0 aliphatic carbocycles. The average Bonchev–Trinajstić information content (AvgIpc) is 2.52. The number of hydrogen-bond acceptors (Lipinski definition) is 2. The summed E-state index contributed by atoms with van der Waals surface area (Å²) in [6.45, 7) is 10.7. The summed E-state index contributed by atoms with van der Waals surface area (Å²) >= 11 is 0. The van der Waals surface area contributed by atoms with E-state index >= 15 is 0 Å². The van der Waals surface area contributed by atoms with E-state index in [-0.39, 0.29) is 5.60 Å². The Kier molecular flexibility index (Phi) is 17.7. The van der Waals surface area contributed by atoms with E-state index in [9.17, 15) is 0 Å². The highest BCUT2D eigenvalue weighted by molar-refractivity contribution is 4.54. The minimum Gasteiger partial charge on any atom is -0.236 e. The molecule has 0 aliphatic heterocycles. The van der Waals surface area contributed by atoms with Gasteiger partial charge in [0, 0.05) is 0 Å². The first kappa shape index (κ1) is 23.9. The van der Waals surface area contributed by atoms with Crippen molar-refractivity contribution in [1.29, 1.82) is 0 Å². The summed E-state index contributed by atoms with van der Waals surface area (Å²) < 4.78 is 0. The highest BCUT2D eigenvalue weighted by Gasteiger charge is 2.10. The smallest absolute Gasteiger partial charge is 0.0952 e.